The maximum atomic E-state index is 12.9. The van der Waals surface area contributed by atoms with E-state index < -0.39 is 5.41 Å². The summed E-state index contributed by atoms with van der Waals surface area (Å²) < 4.78 is 18.4. The van der Waals surface area contributed by atoms with Crippen molar-refractivity contribution in [1.82, 2.24) is 19.4 Å². The van der Waals surface area contributed by atoms with Crippen LogP contribution in [0.25, 0.3) is 22.2 Å². The molecule has 31 heavy (non-hydrogen) atoms. The van der Waals surface area contributed by atoms with Gasteiger partial charge in [-0.25, -0.2) is 9.97 Å². The van der Waals surface area contributed by atoms with Crippen molar-refractivity contribution in [3.05, 3.63) is 30.7 Å². The molecule has 1 aromatic carbocycles. The number of hydrogen-bond donors (Lipinski definition) is 1. The van der Waals surface area contributed by atoms with E-state index in [1.165, 1.54) is 6.33 Å². The Morgan fingerprint density at radius 3 is 2.87 bits per heavy atom. The van der Waals surface area contributed by atoms with Gasteiger partial charge in [0.2, 0.25) is 12.7 Å². The molecule has 6 rings (SSSR count). The number of nitrogen functional groups attached to an aromatic ring is 1. The fourth-order valence-electron chi connectivity index (χ4n) is 4.74. The number of likely N-dealkylation sites (tertiary alicyclic amines) is 1. The van der Waals surface area contributed by atoms with E-state index in [1.54, 1.807) is 0 Å². The van der Waals surface area contributed by atoms with E-state index in [9.17, 15) is 4.79 Å². The van der Waals surface area contributed by atoms with Gasteiger partial charge in [-0.3, -0.25) is 4.79 Å². The average molecular weight is 421 g/mol. The van der Waals surface area contributed by atoms with Crippen LogP contribution in [0.5, 0.6) is 11.5 Å². The zero-order valence-electron chi connectivity index (χ0n) is 17.2. The highest BCUT2D eigenvalue weighted by molar-refractivity contribution is 6.01. The average Bonchev–Trinajstić information content (AvgIpc) is 3.48. The second-order valence-corrected chi connectivity index (χ2v) is 8.72. The Labute approximate surface area is 178 Å². The van der Waals surface area contributed by atoms with E-state index in [0.717, 1.165) is 40.9 Å². The monoisotopic (exact) mass is 421 g/mol. The number of carbonyl (C=O) groups is 1. The number of benzene rings is 1. The van der Waals surface area contributed by atoms with Crippen molar-refractivity contribution >= 4 is 22.8 Å². The van der Waals surface area contributed by atoms with Crippen molar-refractivity contribution in [3.8, 4) is 22.6 Å². The quantitative estimate of drug-likeness (QED) is 0.691. The predicted octanol–water partition coefficient (Wildman–Crippen LogP) is 2.22. The first-order valence-electron chi connectivity index (χ1n) is 10.4. The summed E-state index contributed by atoms with van der Waals surface area (Å²) in [4.78, 5) is 23.7. The van der Waals surface area contributed by atoms with Crippen molar-refractivity contribution in [2.45, 2.75) is 19.4 Å². The van der Waals surface area contributed by atoms with Crippen molar-refractivity contribution in [2.24, 2.45) is 5.41 Å². The van der Waals surface area contributed by atoms with Crippen LogP contribution in [-0.2, 0) is 9.53 Å². The number of hydrogen-bond acceptors (Lipinski definition) is 7. The Morgan fingerprint density at radius 1 is 1.23 bits per heavy atom. The molecule has 1 amide bonds. The summed E-state index contributed by atoms with van der Waals surface area (Å²) in [6.07, 6.45) is 4.42. The first-order valence-corrected chi connectivity index (χ1v) is 10.4. The summed E-state index contributed by atoms with van der Waals surface area (Å²) in [5, 5.41) is 0.811. The molecule has 3 aliphatic heterocycles. The lowest BCUT2D eigenvalue weighted by Crippen LogP contribution is -2.52. The Morgan fingerprint density at radius 2 is 2.06 bits per heavy atom. The molecule has 160 valence electrons. The van der Waals surface area contributed by atoms with Gasteiger partial charge in [-0.2, -0.15) is 0 Å². The van der Waals surface area contributed by atoms with Crippen LogP contribution >= 0.6 is 0 Å². The number of aromatic nitrogens is 3. The van der Waals surface area contributed by atoms with Crippen LogP contribution < -0.4 is 15.2 Å². The van der Waals surface area contributed by atoms with Gasteiger partial charge in [0.25, 0.3) is 0 Å². The molecule has 3 aromatic rings. The molecule has 0 bridgehead atoms. The molecule has 2 N–H and O–H groups in total. The molecule has 3 aliphatic rings. The number of amides is 1. The standard InChI is InChI=1S/C22H23N5O4/c1-22(9-29-10-22)21(28)26-5-4-14(7-26)27-8-15(18-19(23)24-11-25-20(18)27)13-2-3-16-17(6-13)31-12-30-16/h2-3,6,8,11,14H,4-5,7,9-10,12H2,1H3,(H2,23,24,25)/t14-/m0/s1. The largest absolute Gasteiger partial charge is 0.454 e. The summed E-state index contributed by atoms with van der Waals surface area (Å²) >= 11 is 0. The molecule has 2 fully saturated rings. The van der Waals surface area contributed by atoms with Crippen molar-refractivity contribution < 1.29 is 19.0 Å². The van der Waals surface area contributed by atoms with Crippen molar-refractivity contribution in [1.29, 1.82) is 0 Å². The van der Waals surface area contributed by atoms with Gasteiger partial charge in [0.05, 0.1) is 30.1 Å². The third kappa shape index (κ3) is 2.76. The van der Waals surface area contributed by atoms with E-state index in [0.29, 0.717) is 31.3 Å². The third-order valence-electron chi connectivity index (χ3n) is 6.52. The lowest BCUT2D eigenvalue weighted by atomic mass is 9.87. The molecule has 9 nitrogen and oxygen atoms in total. The maximum absolute atomic E-state index is 12.9. The van der Waals surface area contributed by atoms with Crippen molar-refractivity contribution in [2.75, 3.05) is 38.8 Å². The van der Waals surface area contributed by atoms with E-state index in [-0.39, 0.29) is 18.7 Å². The van der Waals surface area contributed by atoms with Gasteiger partial charge in [-0.05, 0) is 31.0 Å². The van der Waals surface area contributed by atoms with Crippen LogP contribution in [0, 0.1) is 5.41 Å². The molecular weight excluding hydrogens is 398 g/mol. The highest BCUT2D eigenvalue weighted by atomic mass is 16.7. The number of ether oxygens (including phenoxy) is 3. The van der Waals surface area contributed by atoms with Gasteiger partial charge in [0.15, 0.2) is 11.5 Å². The van der Waals surface area contributed by atoms with E-state index in [4.69, 9.17) is 19.9 Å². The Hall–Kier alpha value is -3.33. The van der Waals surface area contributed by atoms with Gasteiger partial charge in [0.1, 0.15) is 17.8 Å². The molecule has 2 saturated heterocycles. The molecule has 0 unspecified atom stereocenters. The first-order chi connectivity index (χ1) is 15.0. The van der Waals surface area contributed by atoms with Gasteiger partial charge in [-0.1, -0.05) is 6.07 Å². The minimum Gasteiger partial charge on any atom is -0.454 e. The highest BCUT2D eigenvalue weighted by Gasteiger charge is 2.45. The molecule has 5 heterocycles. The second kappa shape index (κ2) is 6.58. The zero-order valence-corrected chi connectivity index (χ0v) is 17.2. The Bertz CT molecular complexity index is 1200. The van der Waals surface area contributed by atoms with Gasteiger partial charge < -0.3 is 29.4 Å². The SMILES string of the molecule is CC1(C(=O)N2CC[C@H](n3cc(-c4ccc5c(c4)OCO5)c4c(N)ncnc43)C2)COC1. The molecule has 0 spiro atoms. The molecular formula is C22H23N5O4. The Kier molecular flexibility index (Phi) is 3.92. The summed E-state index contributed by atoms with van der Waals surface area (Å²) in [7, 11) is 0. The van der Waals surface area contributed by atoms with Crippen molar-refractivity contribution in [3.63, 3.8) is 0 Å². The summed E-state index contributed by atoms with van der Waals surface area (Å²) in [5.41, 5.74) is 8.56. The minimum atomic E-state index is -0.391. The third-order valence-corrected chi connectivity index (χ3v) is 6.52. The van der Waals surface area contributed by atoms with E-state index >= 15 is 0 Å². The lowest BCUT2D eigenvalue weighted by molar-refractivity contribution is -0.167. The molecule has 0 aliphatic carbocycles. The Balaban J connectivity index is 1.38. The van der Waals surface area contributed by atoms with Crippen LogP contribution in [0.1, 0.15) is 19.4 Å². The smallest absolute Gasteiger partial charge is 0.233 e. The number of fused-ring (bicyclic) bond motifs is 2. The fourth-order valence-corrected chi connectivity index (χ4v) is 4.74. The first kappa shape index (κ1) is 18.4. The van der Waals surface area contributed by atoms with Crippen LogP contribution in [0.15, 0.2) is 30.7 Å². The van der Waals surface area contributed by atoms with Crippen LogP contribution in [0.2, 0.25) is 0 Å². The van der Waals surface area contributed by atoms with Crippen LogP contribution in [0.3, 0.4) is 0 Å². The van der Waals surface area contributed by atoms with Gasteiger partial charge in [-0.15, -0.1) is 0 Å². The molecule has 0 saturated carbocycles. The molecule has 1 atom stereocenters. The number of anilines is 1. The van der Waals surface area contributed by atoms with Gasteiger partial charge in [0, 0.05) is 24.8 Å². The van der Waals surface area contributed by atoms with E-state index in [1.807, 2.05) is 30.0 Å². The maximum Gasteiger partial charge on any atom is 0.233 e. The molecule has 0 radical (unpaired) electrons. The van der Waals surface area contributed by atoms with E-state index in [2.05, 4.69) is 20.7 Å². The molecule has 2 aromatic heterocycles. The number of nitrogens with zero attached hydrogens (tertiary/aromatic N) is 4. The number of nitrogens with two attached hydrogens (primary N) is 1. The highest BCUT2D eigenvalue weighted by Crippen LogP contribution is 2.41. The van der Waals surface area contributed by atoms with Gasteiger partial charge >= 0.3 is 0 Å². The van der Waals surface area contributed by atoms with Crippen LogP contribution in [-0.4, -0.2) is 58.4 Å². The summed E-state index contributed by atoms with van der Waals surface area (Å²) in [6, 6.07) is 5.96. The lowest BCUT2D eigenvalue weighted by Gasteiger charge is -2.39. The number of carbonyl (C=O) groups excluding carboxylic acids is 1. The zero-order chi connectivity index (χ0) is 21.2. The number of rotatable bonds is 3. The minimum absolute atomic E-state index is 0.119. The normalized spacial score (nSPS) is 21.5. The summed E-state index contributed by atoms with van der Waals surface area (Å²) in [6.45, 7) is 4.56. The topological polar surface area (TPSA) is 105 Å². The fraction of sp³-hybridized carbons (Fsp3) is 0.409. The second-order valence-electron chi connectivity index (χ2n) is 8.72. The summed E-state index contributed by atoms with van der Waals surface area (Å²) in [5.74, 6) is 2.04. The predicted molar refractivity (Wildman–Crippen MR) is 113 cm³/mol. The van der Waals surface area contributed by atoms with Crippen LogP contribution in [0.4, 0.5) is 5.82 Å². The molecule has 9 heteroatoms.